The van der Waals surface area contributed by atoms with E-state index < -0.39 is 16.1 Å². The summed E-state index contributed by atoms with van der Waals surface area (Å²) in [6.07, 6.45) is 1.03. The number of sulfonamides is 1. The molecule has 0 aliphatic carbocycles. The number of aliphatic hydroxyl groups excluding tert-OH is 1. The summed E-state index contributed by atoms with van der Waals surface area (Å²) < 4.78 is 27.5. The molecule has 4 nitrogen and oxygen atoms in total. The predicted octanol–water partition coefficient (Wildman–Crippen LogP) is 2.89. The summed E-state index contributed by atoms with van der Waals surface area (Å²) in [6.45, 7) is 5.81. The van der Waals surface area contributed by atoms with Gasteiger partial charge in [0.1, 0.15) is 0 Å². The fraction of sp³-hybridized carbons (Fsp3) is 0.667. The largest absolute Gasteiger partial charge is 0.391 e. The number of thiophene rings is 1. The Bertz CT molecular complexity index is 509. The van der Waals surface area contributed by atoms with Gasteiger partial charge >= 0.3 is 0 Å². The van der Waals surface area contributed by atoms with Gasteiger partial charge in [0.05, 0.1) is 14.8 Å². The van der Waals surface area contributed by atoms with E-state index in [1.54, 1.807) is 13.0 Å². The molecular formula is C12H20BrNO3S2. The van der Waals surface area contributed by atoms with Crippen molar-refractivity contribution in [3.63, 3.8) is 0 Å². The van der Waals surface area contributed by atoms with Gasteiger partial charge in [-0.25, -0.2) is 13.1 Å². The van der Waals surface area contributed by atoms with Gasteiger partial charge in [-0.1, -0.05) is 26.7 Å². The van der Waals surface area contributed by atoms with Gasteiger partial charge in [0.25, 0.3) is 0 Å². The molecule has 0 fully saturated rings. The second kappa shape index (κ2) is 7.17. The van der Waals surface area contributed by atoms with Crippen molar-refractivity contribution in [3.8, 4) is 0 Å². The van der Waals surface area contributed by atoms with E-state index >= 15 is 0 Å². The zero-order valence-electron chi connectivity index (χ0n) is 11.3. The molecule has 7 heteroatoms. The quantitative estimate of drug-likeness (QED) is 0.776. The zero-order chi connectivity index (χ0) is 14.6. The van der Waals surface area contributed by atoms with Crippen LogP contribution >= 0.6 is 27.3 Å². The fourth-order valence-corrected chi connectivity index (χ4v) is 5.43. The van der Waals surface area contributed by atoms with Gasteiger partial charge in [0.2, 0.25) is 10.0 Å². The lowest BCUT2D eigenvalue weighted by molar-refractivity contribution is 0.107. The Kier molecular flexibility index (Phi) is 6.46. The summed E-state index contributed by atoms with van der Waals surface area (Å²) in [7, 11) is -3.54. The fourth-order valence-electron chi connectivity index (χ4n) is 1.97. The summed E-state index contributed by atoms with van der Waals surface area (Å²) in [5.74, 6) is 0.123. The van der Waals surface area contributed by atoms with Gasteiger partial charge in [-0.15, -0.1) is 11.3 Å². The number of aliphatic hydroxyl groups is 1. The van der Waals surface area contributed by atoms with Crippen LogP contribution < -0.4 is 4.72 Å². The summed E-state index contributed by atoms with van der Waals surface area (Å²) in [5.41, 5.74) is 0. The molecule has 0 saturated carbocycles. The van der Waals surface area contributed by atoms with Crippen molar-refractivity contribution >= 4 is 37.3 Å². The van der Waals surface area contributed by atoms with E-state index in [1.807, 2.05) is 13.8 Å². The highest BCUT2D eigenvalue weighted by Gasteiger charge is 2.22. The second-order valence-corrected chi connectivity index (χ2v) is 8.84. The van der Waals surface area contributed by atoms with Gasteiger partial charge in [-0.2, -0.15) is 0 Å². The highest BCUT2D eigenvalue weighted by atomic mass is 79.9. The van der Waals surface area contributed by atoms with Crippen molar-refractivity contribution in [3.05, 3.63) is 14.7 Å². The summed E-state index contributed by atoms with van der Waals surface area (Å²) in [4.78, 5) is 1.01. The average molecular weight is 370 g/mol. The third kappa shape index (κ3) is 4.53. The summed E-state index contributed by atoms with van der Waals surface area (Å²) in [5, 5.41) is 9.96. The number of hydrogen-bond acceptors (Lipinski definition) is 4. The molecule has 0 spiro atoms. The van der Waals surface area contributed by atoms with Gasteiger partial charge in [-0.05, 0) is 34.8 Å². The molecule has 1 unspecified atom stereocenters. The first-order chi connectivity index (χ1) is 8.81. The number of hydrogen-bond donors (Lipinski definition) is 2. The molecule has 0 aliphatic heterocycles. The molecule has 2 N–H and O–H groups in total. The van der Waals surface area contributed by atoms with Gasteiger partial charge in [0, 0.05) is 11.4 Å². The number of nitrogens with one attached hydrogen (secondary N) is 1. The topological polar surface area (TPSA) is 66.4 Å². The Balaban J connectivity index is 2.74. The minimum absolute atomic E-state index is 0.0571. The first kappa shape index (κ1) is 17.1. The molecule has 0 radical (unpaired) electrons. The normalized spacial score (nSPS) is 14.0. The minimum atomic E-state index is -3.54. The lowest BCUT2D eigenvalue weighted by Crippen LogP contribution is -2.36. The molecule has 1 aromatic rings. The van der Waals surface area contributed by atoms with Crippen molar-refractivity contribution < 1.29 is 13.5 Å². The van der Waals surface area contributed by atoms with E-state index in [0.717, 1.165) is 21.5 Å². The molecule has 1 heterocycles. The maximum Gasteiger partial charge on any atom is 0.241 e. The smallest absolute Gasteiger partial charge is 0.241 e. The van der Waals surface area contributed by atoms with E-state index in [-0.39, 0.29) is 17.4 Å². The van der Waals surface area contributed by atoms with E-state index in [9.17, 15) is 13.5 Å². The lowest BCUT2D eigenvalue weighted by atomic mass is 9.97. The van der Waals surface area contributed by atoms with Gasteiger partial charge in [0.15, 0.2) is 0 Å². The Labute approximate surface area is 127 Å². The highest BCUT2D eigenvalue weighted by Crippen LogP contribution is 2.29. The lowest BCUT2D eigenvalue weighted by Gasteiger charge is -2.20. The molecule has 1 atom stereocenters. The third-order valence-corrected chi connectivity index (χ3v) is 6.44. The van der Waals surface area contributed by atoms with Crippen LogP contribution in [0.4, 0.5) is 0 Å². The number of aryl methyl sites for hydroxylation is 1. The molecule has 0 saturated heterocycles. The molecule has 1 rings (SSSR count). The van der Waals surface area contributed by atoms with Crippen LogP contribution in [0.5, 0.6) is 0 Å². The molecule has 0 amide bonds. The Morgan fingerprint density at radius 1 is 1.42 bits per heavy atom. The number of halogens is 1. The maximum atomic E-state index is 12.1. The second-order valence-electron chi connectivity index (χ2n) is 4.47. The van der Waals surface area contributed by atoms with Gasteiger partial charge in [-0.3, -0.25) is 0 Å². The molecule has 0 aliphatic rings. The Hall–Kier alpha value is 0.0500. The van der Waals surface area contributed by atoms with E-state index in [4.69, 9.17) is 0 Å². The molecule has 19 heavy (non-hydrogen) atoms. The van der Waals surface area contributed by atoms with Crippen molar-refractivity contribution in [2.45, 2.75) is 44.6 Å². The van der Waals surface area contributed by atoms with E-state index in [1.165, 1.54) is 11.3 Å². The van der Waals surface area contributed by atoms with Crippen LogP contribution in [0.1, 0.15) is 31.6 Å². The average Bonchev–Trinajstić information content (AvgIpc) is 2.68. The molecule has 0 aromatic carbocycles. The molecule has 110 valence electrons. The van der Waals surface area contributed by atoms with Crippen LogP contribution in [0.25, 0.3) is 0 Å². The van der Waals surface area contributed by atoms with Crippen LogP contribution in [0.2, 0.25) is 0 Å². The van der Waals surface area contributed by atoms with E-state index in [0.29, 0.717) is 0 Å². The summed E-state index contributed by atoms with van der Waals surface area (Å²) >= 11 is 4.66. The SMILES string of the molecule is CCC(CC)C(O)CNS(=O)(=O)c1cc(Br)sc1C. The highest BCUT2D eigenvalue weighted by molar-refractivity contribution is 9.11. The molecule has 1 aromatic heterocycles. The standard InChI is InChI=1S/C12H20BrNO3S2/c1-4-9(5-2)10(15)7-14-19(16,17)11-6-12(13)18-8(11)3/h6,9-10,14-15H,4-5,7H2,1-3H3. The van der Waals surface area contributed by atoms with Crippen molar-refractivity contribution in [2.75, 3.05) is 6.54 Å². The van der Waals surface area contributed by atoms with E-state index in [2.05, 4.69) is 20.7 Å². The first-order valence-corrected chi connectivity index (χ1v) is 9.34. The predicted molar refractivity (Wildman–Crippen MR) is 82.0 cm³/mol. The van der Waals surface area contributed by atoms with Crippen LogP contribution in [0.15, 0.2) is 14.7 Å². The molecule has 0 bridgehead atoms. The van der Waals surface area contributed by atoms with Crippen LogP contribution in [-0.4, -0.2) is 26.2 Å². The molecular weight excluding hydrogens is 350 g/mol. The Morgan fingerprint density at radius 2 is 2.00 bits per heavy atom. The van der Waals surface area contributed by atoms with Crippen molar-refractivity contribution in [2.24, 2.45) is 5.92 Å². The monoisotopic (exact) mass is 369 g/mol. The zero-order valence-corrected chi connectivity index (χ0v) is 14.5. The Morgan fingerprint density at radius 3 is 2.42 bits per heavy atom. The minimum Gasteiger partial charge on any atom is -0.391 e. The van der Waals surface area contributed by atoms with Crippen molar-refractivity contribution in [1.82, 2.24) is 4.72 Å². The number of rotatable bonds is 7. The van der Waals surface area contributed by atoms with Crippen LogP contribution in [-0.2, 0) is 10.0 Å². The van der Waals surface area contributed by atoms with Gasteiger partial charge < -0.3 is 5.11 Å². The van der Waals surface area contributed by atoms with Crippen LogP contribution in [0, 0.1) is 12.8 Å². The maximum absolute atomic E-state index is 12.1. The first-order valence-electron chi connectivity index (χ1n) is 6.25. The van der Waals surface area contributed by atoms with Crippen molar-refractivity contribution in [1.29, 1.82) is 0 Å². The third-order valence-electron chi connectivity index (χ3n) is 3.21. The summed E-state index contributed by atoms with van der Waals surface area (Å²) in [6, 6.07) is 1.59. The van der Waals surface area contributed by atoms with Crippen LogP contribution in [0.3, 0.4) is 0 Å².